The molecule has 0 radical (unpaired) electrons. The second-order valence-corrected chi connectivity index (χ2v) is 5.68. The summed E-state index contributed by atoms with van der Waals surface area (Å²) in [5.41, 5.74) is 7.90. The first kappa shape index (κ1) is 16.3. The Kier molecular flexibility index (Phi) is 4.27. The Labute approximate surface area is 145 Å². The second-order valence-electron chi connectivity index (χ2n) is 5.68. The Morgan fingerprint density at radius 3 is 2.36 bits per heavy atom. The molecule has 2 aromatic carbocycles. The molecule has 0 amide bonds. The predicted molar refractivity (Wildman–Crippen MR) is 92.8 cm³/mol. The molecule has 1 heterocycles. The largest absolute Gasteiger partial charge is 0.508 e. The van der Waals surface area contributed by atoms with E-state index in [9.17, 15) is 15.2 Å². The highest BCUT2D eigenvalue weighted by Gasteiger charge is 2.35. The van der Waals surface area contributed by atoms with E-state index in [4.69, 9.17) is 10.5 Å². The lowest BCUT2D eigenvalue weighted by atomic mass is 9.80. The van der Waals surface area contributed by atoms with Gasteiger partial charge in [-0.2, -0.15) is 5.26 Å². The summed E-state index contributed by atoms with van der Waals surface area (Å²) in [7, 11) is 0. The quantitative estimate of drug-likeness (QED) is 0.899. The first-order chi connectivity index (χ1) is 12.0. The van der Waals surface area contributed by atoms with Gasteiger partial charge in [-0.25, -0.2) is 0 Å². The summed E-state index contributed by atoms with van der Waals surface area (Å²) in [6.45, 7) is 1.44. The van der Waals surface area contributed by atoms with Gasteiger partial charge in [0.25, 0.3) is 0 Å². The molecular weight excluding hydrogens is 316 g/mol. The number of phenols is 1. The van der Waals surface area contributed by atoms with Crippen molar-refractivity contribution in [1.29, 1.82) is 5.26 Å². The summed E-state index contributed by atoms with van der Waals surface area (Å²) < 4.78 is 5.67. The molecule has 1 aliphatic heterocycles. The average Bonchev–Trinajstić information content (AvgIpc) is 2.62. The molecule has 1 aliphatic rings. The number of nitrogens with two attached hydrogens (primary N) is 1. The molecule has 1 atom stereocenters. The van der Waals surface area contributed by atoms with Crippen molar-refractivity contribution < 1.29 is 14.6 Å². The number of Topliss-reactive ketones (excluding diaryl/α,β-unsaturated/α-hetero) is 1. The molecule has 0 saturated carbocycles. The smallest absolute Gasteiger partial charge is 0.205 e. The van der Waals surface area contributed by atoms with Gasteiger partial charge in [-0.15, -0.1) is 0 Å². The SMILES string of the molecule is CC(=O)C1=C(c2ccccc2)OC(N)=C(C#N)C1c1ccc(O)cc1. The van der Waals surface area contributed by atoms with Crippen LogP contribution in [0.2, 0.25) is 0 Å². The average molecular weight is 332 g/mol. The summed E-state index contributed by atoms with van der Waals surface area (Å²) >= 11 is 0. The molecule has 25 heavy (non-hydrogen) atoms. The Balaban J connectivity index is 2.27. The number of ether oxygens (including phenoxy) is 1. The number of hydrogen-bond donors (Lipinski definition) is 2. The zero-order valence-corrected chi connectivity index (χ0v) is 13.6. The maximum absolute atomic E-state index is 12.4. The van der Waals surface area contributed by atoms with Gasteiger partial charge in [0.15, 0.2) is 5.78 Å². The van der Waals surface area contributed by atoms with Crippen molar-refractivity contribution in [2.75, 3.05) is 0 Å². The number of nitriles is 1. The van der Waals surface area contributed by atoms with E-state index in [2.05, 4.69) is 6.07 Å². The number of carbonyl (C=O) groups excluding carboxylic acids is 1. The molecule has 2 aromatic rings. The van der Waals surface area contributed by atoms with Crippen LogP contribution in [0.1, 0.15) is 24.0 Å². The number of phenolic OH excluding ortho intramolecular Hbond substituents is 1. The van der Waals surface area contributed by atoms with Crippen LogP contribution >= 0.6 is 0 Å². The van der Waals surface area contributed by atoms with E-state index in [1.807, 2.05) is 30.3 Å². The van der Waals surface area contributed by atoms with E-state index in [-0.39, 0.29) is 23.0 Å². The molecule has 3 N–H and O–H groups in total. The maximum Gasteiger partial charge on any atom is 0.205 e. The number of carbonyl (C=O) groups is 1. The van der Waals surface area contributed by atoms with Crippen LogP contribution in [0.4, 0.5) is 0 Å². The minimum Gasteiger partial charge on any atom is -0.508 e. The molecule has 0 saturated heterocycles. The van der Waals surface area contributed by atoms with Crippen molar-refractivity contribution in [1.82, 2.24) is 0 Å². The number of allylic oxidation sites excluding steroid dienone is 2. The first-order valence-corrected chi connectivity index (χ1v) is 7.70. The Morgan fingerprint density at radius 1 is 1.16 bits per heavy atom. The van der Waals surface area contributed by atoms with Crippen LogP contribution in [0, 0.1) is 11.3 Å². The Morgan fingerprint density at radius 2 is 1.80 bits per heavy atom. The van der Waals surface area contributed by atoms with Gasteiger partial charge in [0.1, 0.15) is 23.2 Å². The molecule has 5 nitrogen and oxygen atoms in total. The van der Waals surface area contributed by atoms with Gasteiger partial charge < -0.3 is 15.6 Å². The lowest BCUT2D eigenvalue weighted by molar-refractivity contribution is -0.113. The summed E-state index contributed by atoms with van der Waals surface area (Å²) in [5, 5.41) is 19.1. The molecule has 0 fully saturated rings. The van der Waals surface area contributed by atoms with Crippen LogP contribution in [-0.2, 0) is 9.53 Å². The standard InChI is InChI=1S/C20H16N2O3/c1-12(23)17-18(13-7-9-15(24)10-8-13)16(11-21)20(22)25-19(17)14-5-3-2-4-6-14/h2-10,18,24H,22H2,1H3. The van der Waals surface area contributed by atoms with Crippen molar-refractivity contribution in [3.05, 3.63) is 82.8 Å². The van der Waals surface area contributed by atoms with Gasteiger partial charge in [0.05, 0.1) is 11.5 Å². The van der Waals surface area contributed by atoms with E-state index in [0.29, 0.717) is 22.5 Å². The van der Waals surface area contributed by atoms with Gasteiger partial charge in [-0.3, -0.25) is 4.79 Å². The second kappa shape index (κ2) is 6.54. The molecule has 0 aromatic heterocycles. The third kappa shape index (κ3) is 2.98. The van der Waals surface area contributed by atoms with E-state index in [1.165, 1.54) is 19.1 Å². The van der Waals surface area contributed by atoms with Crippen molar-refractivity contribution in [3.8, 4) is 11.8 Å². The number of benzene rings is 2. The molecule has 1 unspecified atom stereocenters. The highest BCUT2D eigenvalue weighted by molar-refractivity contribution is 6.03. The highest BCUT2D eigenvalue weighted by atomic mass is 16.5. The minimum atomic E-state index is -0.646. The van der Waals surface area contributed by atoms with Gasteiger partial charge >= 0.3 is 0 Å². The zero-order chi connectivity index (χ0) is 18.0. The summed E-state index contributed by atoms with van der Waals surface area (Å²) in [6.07, 6.45) is 0. The molecule has 0 spiro atoms. The lowest BCUT2D eigenvalue weighted by Crippen LogP contribution is -2.23. The van der Waals surface area contributed by atoms with Crippen LogP contribution in [0.15, 0.2) is 71.6 Å². The van der Waals surface area contributed by atoms with Crippen LogP contribution < -0.4 is 5.73 Å². The van der Waals surface area contributed by atoms with Gasteiger partial charge in [0, 0.05) is 5.56 Å². The van der Waals surface area contributed by atoms with E-state index < -0.39 is 5.92 Å². The molecule has 5 heteroatoms. The molecule has 124 valence electrons. The number of rotatable bonds is 3. The fourth-order valence-electron chi connectivity index (χ4n) is 2.92. The van der Waals surface area contributed by atoms with Crippen molar-refractivity contribution in [2.24, 2.45) is 5.73 Å². The Bertz CT molecular complexity index is 920. The third-order valence-corrected chi connectivity index (χ3v) is 4.06. The molecule has 0 bridgehead atoms. The number of hydrogen-bond acceptors (Lipinski definition) is 5. The molecular formula is C20H16N2O3. The Hall–Kier alpha value is -3.52. The molecule has 0 aliphatic carbocycles. The van der Waals surface area contributed by atoms with E-state index in [0.717, 1.165) is 0 Å². The first-order valence-electron chi connectivity index (χ1n) is 7.70. The summed E-state index contributed by atoms with van der Waals surface area (Å²) in [4.78, 5) is 12.4. The van der Waals surface area contributed by atoms with Crippen LogP contribution in [-0.4, -0.2) is 10.9 Å². The fourth-order valence-corrected chi connectivity index (χ4v) is 2.92. The van der Waals surface area contributed by atoms with E-state index in [1.54, 1.807) is 12.1 Å². The normalized spacial score (nSPS) is 17.0. The highest BCUT2D eigenvalue weighted by Crippen LogP contribution is 2.42. The number of ketones is 1. The van der Waals surface area contributed by atoms with Gasteiger partial charge in [-0.1, -0.05) is 42.5 Å². The van der Waals surface area contributed by atoms with E-state index >= 15 is 0 Å². The zero-order valence-electron chi connectivity index (χ0n) is 13.6. The van der Waals surface area contributed by atoms with Crippen molar-refractivity contribution in [3.63, 3.8) is 0 Å². The lowest BCUT2D eigenvalue weighted by Gasteiger charge is -2.28. The van der Waals surface area contributed by atoms with Crippen molar-refractivity contribution in [2.45, 2.75) is 12.8 Å². The van der Waals surface area contributed by atoms with Crippen LogP contribution in [0.3, 0.4) is 0 Å². The van der Waals surface area contributed by atoms with Crippen LogP contribution in [0.25, 0.3) is 5.76 Å². The maximum atomic E-state index is 12.4. The fraction of sp³-hybridized carbons (Fsp3) is 0.100. The van der Waals surface area contributed by atoms with Crippen molar-refractivity contribution >= 4 is 11.5 Å². The van der Waals surface area contributed by atoms with Gasteiger partial charge in [0.2, 0.25) is 5.88 Å². The van der Waals surface area contributed by atoms with Crippen LogP contribution in [0.5, 0.6) is 5.75 Å². The topological polar surface area (TPSA) is 96.3 Å². The molecule has 3 rings (SSSR count). The monoisotopic (exact) mass is 332 g/mol. The minimum absolute atomic E-state index is 0.0237. The number of nitrogens with zero attached hydrogens (tertiary/aromatic N) is 1. The third-order valence-electron chi connectivity index (χ3n) is 4.06. The predicted octanol–water partition coefficient (Wildman–Crippen LogP) is 3.20. The summed E-state index contributed by atoms with van der Waals surface area (Å²) in [5.74, 6) is -0.431. The number of aromatic hydroxyl groups is 1. The van der Waals surface area contributed by atoms with Gasteiger partial charge in [-0.05, 0) is 24.6 Å². The summed E-state index contributed by atoms with van der Waals surface area (Å²) in [6, 6.07) is 17.6.